The maximum Gasteiger partial charge on any atom is 0.122 e. The van der Waals surface area contributed by atoms with Gasteiger partial charge in [-0.15, -0.1) is 0 Å². The molecule has 2 nitrogen and oxygen atoms in total. The van der Waals surface area contributed by atoms with Crippen LogP contribution < -0.4 is 0 Å². The Bertz CT molecular complexity index is 1410. The fourth-order valence-electron chi connectivity index (χ4n) is 7.59. The number of benzene rings is 4. The van der Waals surface area contributed by atoms with Crippen LogP contribution in [0.5, 0.6) is 11.5 Å². The second-order valence-corrected chi connectivity index (χ2v) is 14.9. The quantitative estimate of drug-likeness (QED) is 0.0769. The van der Waals surface area contributed by atoms with Crippen LogP contribution in [0.2, 0.25) is 0 Å². The molecule has 0 saturated carbocycles. The summed E-state index contributed by atoms with van der Waals surface area (Å²) < 4.78 is 0. The zero-order valence-corrected chi connectivity index (χ0v) is 31.9. The topological polar surface area (TPSA) is 40.5 Å². The van der Waals surface area contributed by atoms with Crippen molar-refractivity contribution in [1.82, 2.24) is 0 Å². The highest BCUT2D eigenvalue weighted by Crippen LogP contribution is 2.38. The predicted octanol–water partition coefficient (Wildman–Crippen LogP) is 13.8. The van der Waals surface area contributed by atoms with Crippen molar-refractivity contribution in [2.75, 3.05) is 0 Å². The third kappa shape index (κ3) is 12.1. The van der Waals surface area contributed by atoms with Crippen molar-refractivity contribution >= 4 is 0 Å². The molecular formula is C48H66O2. The van der Waals surface area contributed by atoms with Gasteiger partial charge in [-0.1, -0.05) is 190 Å². The Hall–Kier alpha value is -3.52. The van der Waals surface area contributed by atoms with Gasteiger partial charge in [0.1, 0.15) is 11.5 Å². The Kier molecular flexibility index (Phi) is 17.0. The molecule has 0 saturated heterocycles. The van der Waals surface area contributed by atoms with Crippen molar-refractivity contribution in [3.63, 3.8) is 0 Å². The Balaban J connectivity index is 1.57. The fraction of sp³-hybridized carbons (Fsp3) is 0.500. The molecule has 0 amide bonds. The van der Waals surface area contributed by atoms with Crippen LogP contribution in [0.4, 0.5) is 0 Å². The molecule has 0 bridgehead atoms. The van der Waals surface area contributed by atoms with Gasteiger partial charge in [-0.2, -0.15) is 0 Å². The molecule has 0 aliphatic carbocycles. The van der Waals surface area contributed by atoms with E-state index in [1.165, 1.54) is 112 Å². The highest BCUT2D eigenvalue weighted by atomic mass is 16.3. The maximum absolute atomic E-state index is 11.8. The van der Waals surface area contributed by atoms with E-state index >= 15 is 0 Å². The molecule has 0 aliphatic rings. The third-order valence-corrected chi connectivity index (χ3v) is 10.9. The molecule has 2 unspecified atom stereocenters. The molecule has 0 fully saturated rings. The molecule has 270 valence electrons. The lowest BCUT2D eigenvalue weighted by molar-refractivity contribution is 0.452. The van der Waals surface area contributed by atoms with Gasteiger partial charge in [0.2, 0.25) is 0 Å². The van der Waals surface area contributed by atoms with Crippen LogP contribution in [0.1, 0.15) is 174 Å². The van der Waals surface area contributed by atoms with E-state index in [-0.39, 0.29) is 11.8 Å². The minimum absolute atomic E-state index is 0.0981. The molecule has 0 aliphatic heterocycles. The van der Waals surface area contributed by atoms with Crippen LogP contribution in [-0.2, 0) is 25.7 Å². The molecular weight excluding hydrogens is 609 g/mol. The Morgan fingerprint density at radius 2 is 0.760 bits per heavy atom. The van der Waals surface area contributed by atoms with E-state index < -0.39 is 0 Å². The second kappa shape index (κ2) is 21.6. The Morgan fingerprint density at radius 3 is 1.12 bits per heavy atom. The van der Waals surface area contributed by atoms with E-state index in [9.17, 15) is 10.2 Å². The van der Waals surface area contributed by atoms with Gasteiger partial charge < -0.3 is 10.2 Å². The molecule has 4 aromatic rings. The number of aryl methyl sites for hydroxylation is 4. The number of rotatable bonds is 23. The first-order valence-corrected chi connectivity index (χ1v) is 20.2. The molecule has 0 heterocycles. The smallest absolute Gasteiger partial charge is 0.122 e. The Labute approximate surface area is 305 Å². The lowest BCUT2D eigenvalue weighted by atomic mass is 9.86. The average molecular weight is 675 g/mol. The van der Waals surface area contributed by atoms with Crippen molar-refractivity contribution in [3.05, 3.63) is 129 Å². The zero-order chi connectivity index (χ0) is 35.6. The van der Waals surface area contributed by atoms with Gasteiger partial charge >= 0.3 is 0 Å². The van der Waals surface area contributed by atoms with Crippen molar-refractivity contribution in [2.24, 2.45) is 0 Å². The summed E-state index contributed by atoms with van der Waals surface area (Å²) >= 11 is 0. The summed E-state index contributed by atoms with van der Waals surface area (Å²) in [6, 6.07) is 30.1. The van der Waals surface area contributed by atoms with Crippen molar-refractivity contribution in [1.29, 1.82) is 0 Å². The van der Waals surface area contributed by atoms with Crippen LogP contribution >= 0.6 is 0 Å². The van der Waals surface area contributed by atoms with Gasteiger partial charge in [0.15, 0.2) is 0 Å². The van der Waals surface area contributed by atoms with E-state index in [1.807, 2.05) is 0 Å². The van der Waals surface area contributed by atoms with E-state index in [4.69, 9.17) is 0 Å². The largest absolute Gasteiger partial charge is 0.507 e. The molecule has 50 heavy (non-hydrogen) atoms. The number of unbranched alkanes of at least 4 members (excludes halogenated alkanes) is 12. The van der Waals surface area contributed by atoms with Gasteiger partial charge in [-0.3, -0.25) is 0 Å². The molecule has 4 rings (SSSR count). The molecule has 0 radical (unpaired) electrons. The number of aromatic hydroxyl groups is 2. The van der Waals surface area contributed by atoms with E-state index in [1.54, 1.807) is 0 Å². The summed E-state index contributed by atoms with van der Waals surface area (Å²) in [4.78, 5) is 0. The summed E-state index contributed by atoms with van der Waals surface area (Å²) in [5.74, 6) is 1.03. The van der Waals surface area contributed by atoms with Gasteiger partial charge in [0.05, 0.1) is 0 Å². The van der Waals surface area contributed by atoms with E-state index in [0.29, 0.717) is 24.3 Å². The minimum atomic E-state index is 0.0981. The molecule has 2 N–H and O–H groups in total. The average Bonchev–Trinajstić information content (AvgIpc) is 3.15. The van der Waals surface area contributed by atoms with Crippen LogP contribution in [0.25, 0.3) is 0 Å². The number of phenols is 2. The first-order chi connectivity index (χ1) is 24.4. The maximum atomic E-state index is 11.8. The second-order valence-electron chi connectivity index (χ2n) is 14.9. The van der Waals surface area contributed by atoms with Gasteiger partial charge in [-0.05, 0) is 71.9 Å². The Morgan fingerprint density at radius 1 is 0.420 bits per heavy atom. The molecule has 4 aromatic carbocycles. The molecule has 2 heteroatoms. The highest BCUT2D eigenvalue weighted by molar-refractivity contribution is 5.51. The summed E-state index contributed by atoms with van der Waals surface area (Å²) in [5, 5.41) is 23.6. The first-order valence-electron chi connectivity index (χ1n) is 20.2. The van der Waals surface area contributed by atoms with Gasteiger partial charge in [0, 0.05) is 23.0 Å². The van der Waals surface area contributed by atoms with Crippen molar-refractivity contribution in [2.45, 2.75) is 155 Å². The van der Waals surface area contributed by atoms with Crippen LogP contribution in [0.15, 0.2) is 84.9 Å². The van der Waals surface area contributed by atoms with Crippen molar-refractivity contribution < 1.29 is 10.2 Å². The minimum Gasteiger partial charge on any atom is -0.507 e. The third-order valence-electron chi connectivity index (χ3n) is 10.9. The number of hydrogen-bond donors (Lipinski definition) is 2. The monoisotopic (exact) mass is 675 g/mol. The molecule has 2 atom stereocenters. The summed E-state index contributed by atoms with van der Waals surface area (Å²) in [6.07, 6.45) is 21.5. The summed E-state index contributed by atoms with van der Waals surface area (Å²) in [7, 11) is 0. The van der Waals surface area contributed by atoms with Gasteiger partial charge in [-0.25, -0.2) is 0 Å². The summed E-state index contributed by atoms with van der Waals surface area (Å²) in [6.45, 7) is 8.97. The van der Waals surface area contributed by atoms with E-state index in [2.05, 4.69) is 113 Å². The fourth-order valence-corrected chi connectivity index (χ4v) is 7.59. The van der Waals surface area contributed by atoms with Crippen LogP contribution in [0.3, 0.4) is 0 Å². The molecule has 0 spiro atoms. The lowest BCUT2D eigenvalue weighted by Gasteiger charge is -2.21. The van der Waals surface area contributed by atoms with E-state index in [0.717, 1.165) is 35.1 Å². The lowest BCUT2D eigenvalue weighted by Crippen LogP contribution is -2.04. The predicted molar refractivity (Wildman–Crippen MR) is 215 cm³/mol. The first kappa shape index (κ1) is 39.3. The van der Waals surface area contributed by atoms with Gasteiger partial charge in [0.25, 0.3) is 0 Å². The molecule has 0 aromatic heterocycles. The number of phenolic OH excluding ortho intramolecular Hbond substituents is 2. The van der Waals surface area contributed by atoms with Crippen LogP contribution in [0, 0.1) is 0 Å². The zero-order valence-electron chi connectivity index (χ0n) is 31.9. The number of hydrogen-bond acceptors (Lipinski definition) is 2. The SMILES string of the molecule is CCCCCCCCCc1cc(CCc2cc(CCCCCCCCC)cc(C(C)c3ccccc3)c2O)c(O)c(C(C)c2ccccc2)c1. The summed E-state index contributed by atoms with van der Waals surface area (Å²) in [5.41, 5.74) is 9.10. The van der Waals surface area contributed by atoms with Crippen molar-refractivity contribution in [3.8, 4) is 11.5 Å². The standard InChI is InChI=1S/C48H66O2/c1-5-7-9-11-13-15-19-25-39-33-43(47(49)45(35-39)37(3)41-27-21-17-22-28-41)31-32-44-34-40(26-20-16-14-12-10-8-6-2)36-46(48(44)50)38(4)42-29-23-18-24-30-42/h17-18,21-24,27-30,33-38,49-50H,5-16,19-20,25-26,31-32H2,1-4H3. The van der Waals surface area contributed by atoms with Crippen LogP contribution in [-0.4, -0.2) is 10.2 Å². The normalized spacial score (nSPS) is 12.6. The highest BCUT2D eigenvalue weighted by Gasteiger charge is 2.20.